The quantitative estimate of drug-likeness (QED) is 0.517. The highest BCUT2D eigenvalue weighted by Crippen LogP contribution is 2.32. The highest BCUT2D eigenvalue weighted by atomic mass is 79.9. The fraction of sp³-hybridized carbons (Fsp3) is 0.474. The zero-order valence-corrected chi connectivity index (χ0v) is 16.5. The van der Waals surface area contributed by atoms with E-state index in [4.69, 9.17) is 9.97 Å². The van der Waals surface area contributed by atoms with Crippen molar-refractivity contribution in [2.45, 2.75) is 59.3 Å². The molecule has 1 aromatic carbocycles. The molecule has 3 aromatic rings. The lowest BCUT2D eigenvalue weighted by molar-refractivity contribution is 0.537. The van der Waals surface area contributed by atoms with Gasteiger partial charge in [0.15, 0.2) is 0 Å². The molecule has 0 aliphatic heterocycles. The zero-order valence-electron chi connectivity index (χ0n) is 15.0. The van der Waals surface area contributed by atoms with E-state index in [9.17, 15) is 0 Å². The van der Waals surface area contributed by atoms with Gasteiger partial charge < -0.3 is 0 Å². The Morgan fingerprint density at radius 3 is 2.17 bits per heavy atom. The molecule has 0 saturated carbocycles. The van der Waals surface area contributed by atoms with Crippen molar-refractivity contribution in [3.05, 3.63) is 39.9 Å². The van der Waals surface area contributed by atoms with Crippen LogP contribution in [0, 0.1) is 6.92 Å². The van der Waals surface area contributed by atoms with E-state index in [1.54, 1.807) is 0 Å². The van der Waals surface area contributed by atoms with E-state index in [-0.39, 0.29) is 10.8 Å². The number of aromatic nitrogens is 3. The van der Waals surface area contributed by atoms with E-state index in [1.807, 2.05) is 0 Å². The van der Waals surface area contributed by atoms with Crippen LogP contribution in [0.25, 0.3) is 16.6 Å². The predicted molar refractivity (Wildman–Crippen MR) is 100 cm³/mol. The molecular formula is C19H24BrN3. The van der Waals surface area contributed by atoms with E-state index in [0.29, 0.717) is 0 Å². The minimum absolute atomic E-state index is 0.0604. The van der Waals surface area contributed by atoms with Gasteiger partial charge in [-0.2, -0.15) is 0 Å². The van der Waals surface area contributed by atoms with Gasteiger partial charge in [-0.05, 0) is 46.0 Å². The monoisotopic (exact) mass is 373 g/mol. The Balaban J connectivity index is 2.48. The molecule has 122 valence electrons. The molecule has 0 spiro atoms. The van der Waals surface area contributed by atoms with Crippen molar-refractivity contribution in [2.75, 3.05) is 0 Å². The van der Waals surface area contributed by atoms with Crippen molar-refractivity contribution in [1.29, 1.82) is 0 Å². The number of rotatable bonds is 0. The van der Waals surface area contributed by atoms with Gasteiger partial charge in [0.2, 0.25) is 0 Å². The smallest absolute Gasteiger partial charge is 0.149 e. The maximum Gasteiger partial charge on any atom is 0.149 e. The normalized spacial score (nSPS) is 13.2. The molecule has 4 heteroatoms. The average Bonchev–Trinajstić information content (AvgIpc) is 2.72. The van der Waals surface area contributed by atoms with Crippen LogP contribution in [0.5, 0.6) is 0 Å². The Kier molecular flexibility index (Phi) is 3.60. The Morgan fingerprint density at radius 2 is 1.61 bits per heavy atom. The van der Waals surface area contributed by atoms with E-state index >= 15 is 0 Å². The second kappa shape index (κ2) is 5.04. The average molecular weight is 374 g/mol. The van der Waals surface area contributed by atoms with Gasteiger partial charge in [0.05, 0.1) is 11.2 Å². The third kappa shape index (κ3) is 2.67. The second-order valence-electron chi connectivity index (χ2n) is 8.31. The number of benzene rings is 1. The van der Waals surface area contributed by atoms with Gasteiger partial charge in [-0.3, -0.25) is 4.40 Å². The van der Waals surface area contributed by atoms with Crippen molar-refractivity contribution in [2.24, 2.45) is 0 Å². The van der Waals surface area contributed by atoms with Gasteiger partial charge in [0.1, 0.15) is 16.1 Å². The predicted octanol–water partition coefficient (Wildman–Crippen LogP) is 5.55. The second-order valence-corrected chi connectivity index (χ2v) is 9.07. The minimum Gasteiger partial charge on any atom is -0.283 e. The topological polar surface area (TPSA) is 30.2 Å². The van der Waals surface area contributed by atoms with Gasteiger partial charge in [-0.15, -0.1) is 0 Å². The number of aryl methyl sites for hydroxylation is 1. The lowest BCUT2D eigenvalue weighted by atomic mass is 9.86. The summed E-state index contributed by atoms with van der Waals surface area (Å²) < 4.78 is 3.07. The maximum absolute atomic E-state index is 5.03. The largest absolute Gasteiger partial charge is 0.283 e. The molecule has 2 aromatic heterocycles. The molecule has 0 amide bonds. The highest BCUT2D eigenvalue weighted by Gasteiger charge is 2.24. The van der Waals surface area contributed by atoms with Crippen molar-refractivity contribution in [3.8, 4) is 0 Å². The van der Waals surface area contributed by atoms with Crippen LogP contribution in [0.2, 0.25) is 0 Å². The fourth-order valence-corrected chi connectivity index (χ4v) is 3.21. The lowest BCUT2D eigenvalue weighted by Crippen LogP contribution is -2.20. The first kappa shape index (κ1) is 16.4. The SMILES string of the molecule is Cc1c(Br)nc2c3ccc(C(C)(C)C)cc3nc(C(C)(C)C)n12. The summed E-state index contributed by atoms with van der Waals surface area (Å²) in [7, 11) is 0. The summed E-state index contributed by atoms with van der Waals surface area (Å²) in [4.78, 5) is 9.77. The van der Waals surface area contributed by atoms with Crippen molar-refractivity contribution in [3.63, 3.8) is 0 Å². The van der Waals surface area contributed by atoms with Crippen LogP contribution in [0.1, 0.15) is 58.6 Å². The third-order valence-electron chi connectivity index (χ3n) is 4.26. The summed E-state index contributed by atoms with van der Waals surface area (Å²) >= 11 is 3.58. The molecule has 0 atom stereocenters. The Bertz CT molecular complexity index is 908. The molecule has 23 heavy (non-hydrogen) atoms. The first-order valence-electron chi connectivity index (χ1n) is 7.99. The lowest BCUT2D eigenvalue weighted by Gasteiger charge is -2.23. The van der Waals surface area contributed by atoms with Crippen molar-refractivity contribution >= 4 is 32.5 Å². The summed E-state index contributed by atoms with van der Waals surface area (Å²) in [6, 6.07) is 6.56. The summed E-state index contributed by atoms with van der Waals surface area (Å²) in [6.45, 7) is 15.4. The molecule has 0 fully saturated rings. The molecule has 3 nitrogen and oxygen atoms in total. The summed E-state index contributed by atoms with van der Waals surface area (Å²) in [5, 5.41) is 1.10. The third-order valence-corrected chi connectivity index (χ3v) is 5.01. The maximum atomic E-state index is 5.03. The van der Waals surface area contributed by atoms with Crippen LogP contribution < -0.4 is 0 Å². The van der Waals surface area contributed by atoms with E-state index in [2.05, 4.69) is 87.0 Å². The molecule has 0 saturated heterocycles. The molecule has 2 heterocycles. The van der Waals surface area contributed by atoms with Crippen LogP contribution in [-0.4, -0.2) is 14.4 Å². The highest BCUT2D eigenvalue weighted by molar-refractivity contribution is 9.10. The van der Waals surface area contributed by atoms with E-state index in [1.165, 1.54) is 5.56 Å². The van der Waals surface area contributed by atoms with Gasteiger partial charge >= 0.3 is 0 Å². The first-order chi connectivity index (χ1) is 10.5. The summed E-state index contributed by atoms with van der Waals surface area (Å²) in [5.41, 5.74) is 4.44. The minimum atomic E-state index is -0.0604. The Morgan fingerprint density at radius 1 is 0.957 bits per heavy atom. The molecular weight excluding hydrogens is 350 g/mol. The molecule has 0 N–H and O–H groups in total. The number of imidazole rings is 1. The Hall–Kier alpha value is -1.42. The van der Waals surface area contributed by atoms with Crippen LogP contribution in [0.4, 0.5) is 0 Å². The standard InChI is InChI=1S/C19H24BrN3/c1-11-15(20)22-16-13-9-8-12(18(2,3)4)10-14(13)21-17(23(11)16)19(5,6)7/h8-10H,1-7H3. The number of nitrogens with zero attached hydrogens (tertiary/aromatic N) is 3. The van der Waals surface area contributed by atoms with Crippen molar-refractivity contribution in [1.82, 2.24) is 14.4 Å². The Labute approximate surface area is 146 Å². The van der Waals surface area contributed by atoms with Gasteiger partial charge in [-0.1, -0.05) is 47.6 Å². The molecule has 3 rings (SSSR count). The van der Waals surface area contributed by atoms with Crippen LogP contribution in [0.3, 0.4) is 0 Å². The van der Waals surface area contributed by atoms with Gasteiger partial charge in [0, 0.05) is 10.8 Å². The molecule has 0 unspecified atom stereocenters. The summed E-state index contributed by atoms with van der Waals surface area (Å²) in [6.07, 6.45) is 0. The number of halogens is 1. The van der Waals surface area contributed by atoms with Gasteiger partial charge in [0.25, 0.3) is 0 Å². The number of hydrogen-bond acceptors (Lipinski definition) is 2. The number of fused-ring (bicyclic) bond motifs is 3. The molecule has 0 bridgehead atoms. The first-order valence-corrected chi connectivity index (χ1v) is 8.79. The number of hydrogen-bond donors (Lipinski definition) is 0. The molecule has 0 aliphatic carbocycles. The van der Waals surface area contributed by atoms with Crippen LogP contribution in [0.15, 0.2) is 22.8 Å². The zero-order chi connectivity index (χ0) is 17.2. The van der Waals surface area contributed by atoms with Crippen LogP contribution in [-0.2, 0) is 10.8 Å². The van der Waals surface area contributed by atoms with Gasteiger partial charge in [-0.25, -0.2) is 9.97 Å². The van der Waals surface area contributed by atoms with Crippen molar-refractivity contribution < 1.29 is 0 Å². The van der Waals surface area contributed by atoms with Crippen LogP contribution >= 0.6 is 15.9 Å². The van der Waals surface area contributed by atoms with E-state index < -0.39 is 0 Å². The summed E-state index contributed by atoms with van der Waals surface area (Å²) in [5.74, 6) is 1.04. The van der Waals surface area contributed by atoms with E-state index in [0.717, 1.165) is 32.7 Å². The molecule has 0 radical (unpaired) electrons. The fourth-order valence-electron chi connectivity index (χ4n) is 2.86. The molecule has 0 aliphatic rings.